The van der Waals surface area contributed by atoms with Crippen LogP contribution in [0.3, 0.4) is 0 Å². The lowest BCUT2D eigenvalue weighted by Crippen LogP contribution is -2.50. The maximum atomic E-state index is 13.2. The number of carbonyl (C=O) groups excluding carboxylic acids is 3. The summed E-state index contributed by atoms with van der Waals surface area (Å²) in [6.07, 6.45) is 5.97. The van der Waals surface area contributed by atoms with Gasteiger partial charge >= 0.3 is 0 Å². The van der Waals surface area contributed by atoms with Crippen LogP contribution in [0.4, 0.5) is 0 Å². The predicted molar refractivity (Wildman–Crippen MR) is 120 cm³/mol. The minimum absolute atomic E-state index is 0.0169. The van der Waals surface area contributed by atoms with Crippen LogP contribution in [-0.2, 0) is 9.59 Å². The Balaban J connectivity index is 1.33. The first-order valence-corrected chi connectivity index (χ1v) is 12.0. The lowest BCUT2D eigenvalue weighted by Gasteiger charge is -2.35. The third-order valence-electron chi connectivity index (χ3n) is 6.76. The predicted octanol–water partition coefficient (Wildman–Crippen LogP) is 3.85. The second kappa shape index (κ2) is 9.78. The molecule has 0 aliphatic carbocycles. The molecule has 3 fully saturated rings. The molecule has 1 unspecified atom stereocenters. The highest BCUT2D eigenvalue weighted by Crippen LogP contribution is 2.28. The molecule has 3 aliphatic rings. The van der Waals surface area contributed by atoms with Crippen molar-refractivity contribution in [3.63, 3.8) is 0 Å². The summed E-state index contributed by atoms with van der Waals surface area (Å²) in [5, 5.41) is 0.812. The van der Waals surface area contributed by atoms with E-state index in [4.69, 9.17) is 23.2 Å². The van der Waals surface area contributed by atoms with E-state index in [1.54, 1.807) is 23.1 Å². The number of hydrogen-bond acceptors (Lipinski definition) is 3. The zero-order valence-corrected chi connectivity index (χ0v) is 19.2. The number of benzene rings is 1. The average Bonchev–Trinajstić information content (AvgIpc) is 3.45. The van der Waals surface area contributed by atoms with Gasteiger partial charge in [-0.2, -0.15) is 0 Å². The van der Waals surface area contributed by atoms with Crippen LogP contribution in [0, 0.1) is 5.92 Å². The molecule has 8 heteroatoms. The second-order valence-corrected chi connectivity index (χ2v) is 9.75. The maximum Gasteiger partial charge on any atom is 0.254 e. The van der Waals surface area contributed by atoms with E-state index in [2.05, 4.69) is 0 Å². The quantitative estimate of drug-likeness (QED) is 0.678. The summed E-state index contributed by atoms with van der Waals surface area (Å²) in [6, 6.07) is 4.34. The molecule has 3 saturated heterocycles. The van der Waals surface area contributed by atoms with Crippen molar-refractivity contribution in [3.8, 4) is 0 Å². The summed E-state index contributed by atoms with van der Waals surface area (Å²) in [6.45, 7) is 3.63. The van der Waals surface area contributed by atoms with Crippen LogP contribution in [0.5, 0.6) is 0 Å². The molecular weight excluding hydrogens is 437 g/mol. The number of hydrogen-bond donors (Lipinski definition) is 0. The monoisotopic (exact) mass is 465 g/mol. The van der Waals surface area contributed by atoms with Crippen molar-refractivity contribution in [1.82, 2.24) is 14.7 Å². The van der Waals surface area contributed by atoms with Gasteiger partial charge in [-0.25, -0.2) is 0 Å². The molecule has 1 aromatic carbocycles. The van der Waals surface area contributed by atoms with Gasteiger partial charge in [-0.05, 0) is 62.6 Å². The number of nitrogens with zero attached hydrogens (tertiary/aromatic N) is 3. The topological polar surface area (TPSA) is 60.9 Å². The van der Waals surface area contributed by atoms with Crippen LogP contribution in [-0.4, -0.2) is 71.2 Å². The van der Waals surface area contributed by atoms with Crippen molar-refractivity contribution >= 4 is 40.9 Å². The van der Waals surface area contributed by atoms with Gasteiger partial charge in [0.2, 0.25) is 11.8 Å². The molecule has 0 spiro atoms. The highest BCUT2D eigenvalue weighted by atomic mass is 35.5. The van der Waals surface area contributed by atoms with E-state index in [0.717, 1.165) is 45.2 Å². The minimum atomic E-state index is -0.437. The molecule has 0 N–H and O–H groups in total. The summed E-state index contributed by atoms with van der Waals surface area (Å²) >= 11 is 12.1. The first kappa shape index (κ1) is 22.4. The van der Waals surface area contributed by atoms with Gasteiger partial charge in [-0.1, -0.05) is 23.2 Å². The maximum absolute atomic E-state index is 13.2. The molecule has 0 saturated carbocycles. The van der Waals surface area contributed by atoms with Crippen LogP contribution in [0.25, 0.3) is 0 Å². The molecule has 1 atom stereocenters. The van der Waals surface area contributed by atoms with E-state index < -0.39 is 6.04 Å². The Morgan fingerprint density at radius 3 is 2.10 bits per heavy atom. The van der Waals surface area contributed by atoms with Crippen molar-refractivity contribution < 1.29 is 14.4 Å². The number of carbonyl (C=O) groups is 3. The molecule has 6 nitrogen and oxygen atoms in total. The van der Waals surface area contributed by atoms with Crippen molar-refractivity contribution in [1.29, 1.82) is 0 Å². The molecule has 3 amide bonds. The van der Waals surface area contributed by atoms with Gasteiger partial charge in [0, 0.05) is 54.8 Å². The van der Waals surface area contributed by atoms with Gasteiger partial charge in [-0.3, -0.25) is 14.4 Å². The average molecular weight is 466 g/mol. The third-order valence-corrected chi connectivity index (χ3v) is 7.19. The van der Waals surface area contributed by atoms with E-state index in [-0.39, 0.29) is 17.7 Å². The Bertz CT molecular complexity index is 828. The molecule has 3 aliphatic heterocycles. The molecule has 0 radical (unpaired) electrons. The Morgan fingerprint density at radius 1 is 0.806 bits per heavy atom. The third kappa shape index (κ3) is 5.17. The highest BCUT2D eigenvalue weighted by molar-refractivity contribution is 6.35. The number of likely N-dealkylation sites (tertiary alicyclic amines) is 3. The van der Waals surface area contributed by atoms with Gasteiger partial charge in [-0.15, -0.1) is 0 Å². The fourth-order valence-electron chi connectivity index (χ4n) is 5.02. The highest BCUT2D eigenvalue weighted by Gasteiger charge is 2.38. The zero-order valence-electron chi connectivity index (χ0n) is 17.7. The van der Waals surface area contributed by atoms with Crippen LogP contribution < -0.4 is 0 Å². The van der Waals surface area contributed by atoms with E-state index in [0.29, 0.717) is 54.0 Å². The van der Waals surface area contributed by atoms with E-state index >= 15 is 0 Å². The molecule has 4 rings (SSSR count). The van der Waals surface area contributed by atoms with E-state index in [1.165, 1.54) is 0 Å². The Hall–Kier alpha value is -1.79. The summed E-state index contributed by atoms with van der Waals surface area (Å²) < 4.78 is 0. The first-order valence-electron chi connectivity index (χ1n) is 11.3. The molecular formula is C23H29Cl2N3O3. The van der Waals surface area contributed by atoms with Gasteiger partial charge in [0.25, 0.3) is 5.91 Å². The molecule has 1 aromatic rings. The lowest BCUT2D eigenvalue weighted by atomic mass is 9.92. The van der Waals surface area contributed by atoms with Gasteiger partial charge < -0.3 is 14.7 Å². The Labute approximate surface area is 193 Å². The zero-order chi connectivity index (χ0) is 22.0. The molecule has 168 valence electrons. The SMILES string of the molecule is O=C(CC1CCN(C(=O)C2CCCN2C(=O)c2cc(Cl)cc(Cl)c2)CC1)N1CCCC1. The van der Waals surface area contributed by atoms with Crippen LogP contribution in [0.1, 0.15) is 55.3 Å². The van der Waals surface area contributed by atoms with Gasteiger partial charge in [0.15, 0.2) is 0 Å². The van der Waals surface area contributed by atoms with Crippen LogP contribution >= 0.6 is 23.2 Å². The number of rotatable bonds is 4. The number of halogens is 2. The van der Waals surface area contributed by atoms with Crippen molar-refractivity contribution in [2.24, 2.45) is 5.92 Å². The molecule has 31 heavy (non-hydrogen) atoms. The fraction of sp³-hybridized carbons (Fsp3) is 0.609. The molecule has 0 bridgehead atoms. The molecule has 3 heterocycles. The summed E-state index contributed by atoms with van der Waals surface area (Å²) in [7, 11) is 0. The normalized spacial score (nSPS) is 22.3. The largest absolute Gasteiger partial charge is 0.343 e. The van der Waals surface area contributed by atoms with Crippen LogP contribution in [0.15, 0.2) is 18.2 Å². The fourth-order valence-corrected chi connectivity index (χ4v) is 5.55. The summed E-state index contributed by atoms with van der Waals surface area (Å²) in [5.41, 5.74) is 0.413. The van der Waals surface area contributed by atoms with Crippen LogP contribution in [0.2, 0.25) is 10.0 Å². The van der Waals surface area contributed by atoms with E-state index in [9.17, 15) is 14.4 Å². The number of piperidine rings is 1. The molecule has 0 aromatic heterocycles. The summed E-state index contributed by atoms with van der Waals surface area (Å²) in [5.74, 6) is 0.414. The van der Waals surface area contributed by atoms with E-state index in [1.807, 2.05) is 9.80 Å². The van der Waals surface area contributed by atoms with Gasteiger partial charge in [0.1, 0.15) is 6.04 Å². The number of amides is 3. The smallest absolute Gasteiger partial charge is 0.254 e. The lowest BCUT2D eigenvalue weighted by molar-refractivity contribution is -0.137. The Morgan fingerprint density at radius 2 is 1.45 bits per heavy atom. The van der Waals surface area contributed by atoms with Crippen molar-refractivity contribution in [2.45, 2.75) is 51.0 Å². The minimum Gasteiger partial charge on any atom is -0.343 e. The second-order valence-electron chi connectivity index (χ2n) is 8.88. The summed E-state index contributed by atoms with van der Waals surface area (Å²) in [4.78, 5) is 44.2. The van der Waals surface area contributed by atoms with Crippen molar-refractivity contribution in [3.05, 3.63) is 33.8 Å². The van der Waals surface area contributed by atoms with Gasteiger partial charge in [0.05, 0.1) is 0 Å². The van der Waals surface area contributed by atoms with Crippen molar-refractivity contribution in [2.75, 3.05) is 32.7 Å². The Kier molecular flexibility index (Phi) is 7.07. The first-order chi connectivity index (χ1) is 14.9. The standard InChI is InChI=1S/C23H29Cl2N3O3/c24-18-13-17(14-19(25)15-18)22(30)28-9-3-4-20(28)23(31)27-10-5-16(6-11-27)12-21(29)26-7-1-2-8-26/h13-16,20H,1-12H2.